The SMILES string of the molecule is CC(CC(O)C(C)O)c1ccc(C#N)cc1. The fourth-order valence-electron chi connectivity index (χ4n) is 1.58. The van der Waals surface area contributed by atoms with Gasteiger partial charge in [-0.1, -0.05) is 19.1 Å². The number of nitrogens with zero attached hydrogens (tertiary/aromatic N) is 1. The summed E-state index contributed by atoms with van der Waals surface area (Å²) in [5, 5.41) is 27.4. The molecule has 0 aliphatic heterocycles. The molecule has 0 aliphatic rings. The van der Waals surface area contributed by atoms with Crippen LogP contribution in [0.4, 0.5) is 0 Å². The van der Waals surface area contributed by atoms with Crippen molar-refractivity contribution in [1.29, 1.82) is 5.26 Å². The summed E-state index contributed by atoms with van der Waals surface area (Å²) < 4.78 is 0. The van der Waals surface area contributed by atoms with Gasteiger partial charge in [0.15, 0.2) is 0 Å². The van der Waals surface area contributed by atoms with Gasteiger partial charge in [0.05, 0.1) is 23.8 Å². The maximum atomic E-state index is 9.56. The molecule has 16 heavy (non-hydrogen) atoms. The van der Waals surface area contributed by atoms with Crippen LogP contribution in [0.3, 0.4) is 0 Å². The first kappa shape index (κ1) is 12.7. The van der Waals surface area contributed by atoms with Crippen molar-refractivity contribution in [2.24, 2.45) is 0 Å². The molecule has 1 aromatic rings. The lowest BCUT2D eigenvalue weighted by molar-refractivity contribution is 0.0227. The van der Waals surface area contributed by atoms with Crippen LogP contribution in [0.15, 0.2) is 24.3 Å². The number of aliphatic hydroxyl groups is 2. The van der Waals surface area contributed by atoms with E-state index >= 15 is 0 Å². The quantitative estimate of drug-likeness (QED) is 0.811. The zero-order chi connectivity index (χ0) is 12.1. The molecule has 0 aliphatic carbocycles. The van der Waals surface area contributed by atoms with E-state index in [1.54, 1.807) is 19.1 Å². The number of rotatable bonds is 4. The molecule has 1 rings (SSSR count). The second-order valence-corrected chi connectivity index (χ2v) is 4.18. The number of nitriles is 1. The van der Waals surface area contributed by atoms with Crippen LogP contribution >= 0.6 is 0 Å². The van der Waals surface area contributed by atoms with Crippen molar-refractivity contribution < 1.29 is 10.2 Å². The van der Waals surface area contributed by atoms with Crippen molar-refractivity contribution in [3.05, 3.63) is 35.4 Å². The molecule has 0 bridgehead atoms. The van der Waals surface area contributed by atoms with Gasteiger partial charge in [-0.25, -0.2) is 0 Å². The maximum Gasteiger partial charge on any atom is 0.0991 e. The van der Waals surface area contributed by atoms with Crippen LogP contribution in [0.5, 0.6) is 0 Å². The minimum atomic E-state index is -0.708. The zero-order valence-electron chi connectivity index (χ0n) is 9.59. The smallest absolute Gasteiger partial charge is 0.0991 e. The minimum absolute atomic E-state index is 0.164. The van der Waals surface area contributed by atoms with Crippen molar-refractivity contribution >= 4 is 0 Å². The molecule has 3 heteroatoms. The van der Waals surface area contributed by atoms with Crippen molar-refractivity contribution in [3.8, 4) is 6.07 Å². The molecule has 0 saturated heterocycles. The fraction of sp³-hybridized carbons (Fsp3) is 0.462. The molecule has 0 aromatic heterocycles. The average molecular weight is 219 g/mol. The Morgan fingerprint density at radius 1 is 1.19 bits per heavy atom. The average Bonchev–Trinajstić information content (AvgIpc) is 2.28. The number of aliphatic hydroxyl groups excluding tert-OH is 2. The summed E-state index contributed by atoms with van der Waals surface area (Å²) in [6.07, 6.45) is -0.893. The van der Waals surface area contributed by atoms with Crippen LogP contribution in [0, 0.1) is 11.3 Å². The molecule has 0 amide bonds. The van der Waals surface area contributed by atoms with Gasteiger partial charge >= 0.3 is 0 Å². The molecule has 2 N–H and O–H groups in total. The zero-order valence-corrected chi connectivity index (χ0v) is 9.59. The predicted molar refractivity (Wildman–Crippen MR) is 61.9 cm³/mol. The maximum absolute atomic E-state index is 9.56. The molecule has 0 heterocycles. The Bertz CT molecular complexity index is 365. The summed E-state index contributed by atoms with van der Waals surface area (Å²) in [5.41, 5.74) is 1.70. The summed E-state index contributed by atoms with van der Waals surface area (Å²) in [5.74, 6) is 0.164. The number of hydrogen-bond donors (Lipinski definition) is 2. The third-order valence-electron chi connectivity index (χ3n) is 2.76. The summed E-state index contributed by atoms with van der Waals surface area (Å²) >= 11 is 0. The molecular weight excluding hydrogens is 202 g/mol. The van der Waals surface area contributed by atoms with Crippen LogP contribution in [-0.4, -0.2) is 22.4 Å². The lowest BCUT2D eigenvalue weighted by atomic mass is 9.93. The van der Waals surface area contributed by atoms with Gasteiger partial charge in [0.2, 0.25) is 0 Å². The Hall–Kier alpha value is -1.37. The summed E-state index contributed by atoms with van der Waals surface area (Å²) in [6, 6.07) is 9.37. The molecule has 0 spiro atoms. The van der Waals surface area contributed by atoms with Gasteiger partial charge in [0.25, 0.3) is 0 Å². The molecule has 86 valence electrons. The molecule has 0 radical (unpaired) electrons. The summed E-state index contributed by atoms with van der Waals surface area (Å²) in [6.45, 7) is 3.57. The number of hydrogen-bond acceptors (Lipinski definition) is 3. The highest BCUT2D eigenvalue weighted by Gasteiger charge is 2.16. The Balaban J connectivity index is 2.66. The summed E-state index contributed by atoms with van der Waals surface area (Å²) in [7, 11) is 0. The van der Waals surface area contributed by atoms with Crippen molar-refractivity contribution in [3.63, 3.8) is 0 Å². The van der Waals surface area contributed by atoms with Crippen molar-refractivity contribution in [2.75, 3.05) is 0 Å². The Labute approximate surface area is 96.0 Å². The van der Waals surface area contributed by atoms with E-state index in [4.69, 9.17) is 5.26 Å². The lowest BCUT2D eigenvalue weighted by Gasteiger charge is -2.18. The van der Waals surface area contributed by atoms with E-state index in [9.17, 15) is 10.2 Å². The highest BCUT2D eigenvalue weighted by atomic mass is 16.3. The predicted octanol–water partition coefficient (Wildman–Crippen LogP) is 1.79. The van der Waals surface area contributed by atoms with Crippen LogP contribution < -0.4 is 0 Å². The topological polar surface area (TPSA) is 64.2 Å². The largest absolute Gasteiger partial charge is 0.391 e. The Morgan fingerprint density at radius 3 is 2.19 bits per heavy atom. The van der Waals surface area contributed by atoms with E-state index in [-0.39, 0.29) is 5.92 Å². The van der Waals surface area contributed by atoms with Gasteiger partial charge in [0, 0.05) is 0 Å². The molecule has 3 nitrogen and oxygen atoms in total. The van der Waals surface area contributed by atoms with Crippen LogP contribution in [-0.2, 0) is 0 Å². The molecular formula is C13H17NO2. The third kappa shape index (κ3) is 3.34. The van der Waals surface area contributed by atoms with Gasteiger partial charge in [0.1, 0.15) is 0 Å². The monoisotopic (exact) mass is 219 g/mol. The standard InChI is InChI=1S/C13H17NO2/c1-9(7-13(16)10(2)15)12-5-3-11(8-14)4-6-12/h3-6,9-10,13,15-16H,7H2,1-2H3. The molecule has 1 aromatic carbocycles. The van der Waals surface area contributed by atoms with Gasteiger partial charge < -0.3 is 10.2 Å². The highest BCUT2D eigenvalue weighted by Crippen LogP contribution is 2.21. The second kappa shape index (κ2) is 5.64. The fourth-order valence-corrected chi connectivity index (χ4v) is 1.58. The first-order chi connectivity index (χ1) is 7.54. The van der Waals surface area contributed by atoms with Crippen molar-refractivity contribution in [1.82, 2.24) is 0 Å². The first-order valence-electron chi connectivity index (χ1n) is 5.40. The molecule has 3 atom stereocenters. The lowest BCUT2D eigenvalue weighted by Crippen LogP contribution is -2.24. The van der Waals surface area contributed by atoms with E-state index in [1.807, 2.05) is 19.1 Å². The third-order valence-corrected chi connectivity index (χ3v) is 2.76. The van der Waals surface area contributed by atoms with Crippen molar-refractivity contribution in [2.45, 2.75) is 38.4 Å². The Morgan fingerprint density at radius 2 is 1.75 bits per heavy atom. The number of benzene rings is 1. The first-order valence-corrected chi connectivity index (χ1v) is 5.40. The van der Waals surface area contributed by atoms with Gasteiger partial charge in [-0.05, 0) is 37.0 Å². The molecule has 0 fully saturated rings. The molecule has 0 saturated carbocycles. The van der Waals surface area contributed by atoms with Crippen LogP contribution in [0.25, 0.3) is 0 Å². The molecule has 3 unspecified atom stereocenters. The van der Waals surface area contributed by atoms with E-state index in [1.165, 1.54) is 0 Å². The van der Waals surface area contributed by atoms with Gasteiger partial charge in [-0.2, -0.15) is 5.26 Å². The van der Waals surface area contributed by atoms with Crippen LogP contribution in [0.1, 0.15) is 37.3 Å². The van der Waals surface area contributed by atoms with Crippen LogP contribution in [0.2, 0.25) is 0 Å². The highest BCUT2D eigenvalue weighted by molar-refractivity contribution is 5.32. The van der Waals surface area contributed by atoms with E-state index in [0.717, 1.165) is 5.56 Å². The minimum Gasteiger partial charge on any atom is -0.391 e. The normalized spacial score (nSPS) is 16.2. The second-order valence-electron chi connectivity index (χ2n) is 4.18. The Kier molecular flexibility index (Phi) is 4.48. The van der Waals surface area contributed by atoms with E-state index in [2.05, 4.69) is 6.07 Å². The summed E-state index contributed by atoms with van der Waals surface area (Å²) in [4.78, 5) is 0. The van der Waals surface area contributed by atoms with Gasteiger partial charge in [-0.3, -0.25) is 0 Å². The van der Waals surface area contributed by atoms with E-state index < -0.39 is 12.2 Å². The van der Waals surface area contributed by atoms with E-state index in [0.29, 0.717) is 12.0 Å². The van der Waals surface area contributed by atoms with Gasteiger partial charge in [-0.15, -0.1) is 0 Å².